The fraction of sp³-hybridized carbons (Fsp3) is 0.350. The predicted octanol–water partition coefficient (Wildman–Crippen LogP) is 2.73. The number of nitrogens with zero attached hydrogens (tertiary/aromatic N) is 5. The van der Waals surface area contributed by atoms with Gasteiger partial charge >= 0.3 is 5.97 Å². The predicted molar refractivity (Wildman–Crippen MR) is 103 cm³/mol. The Balaban J connectivity index is 1.69. The standard InChI is InChI=1S/C20H22FN5O3/c1-13-11-17(14(2)25(13)10-4-5-19(28)29-3)18(27)12-26-23-20(22-24-26)15-6-8-16(21)9-7-15/h6-9,11H,4-5,10,12H2,1-3H3. The molecule has 0 unspecified atom stereocenters. The smallest absolute Gasteiger partial charge is 0.305 e. The first-order valence-corrected chi connectivity index (χ1v) is 9.19. The molecule has 152 valence electrons. The average Bonchev–Trinajstić information content (AvgIpc) is 3.27. The molecule has 0 radical (unpaired) electrons. The molecule has 9 heteroatoms. The molecular formula is C20H22FN5O3. The minimum Gasteiger partial charge on any atom is -0.469 e. The maximum Gasteiger partial charge on any atom is 0.305 e. The Morgan fingerprint density at radius 3 is 2.59 bits per heavy atom. The molecule has 0 aliphatic rings. The molecule has 0 spiro atoms. The van der Waals surface area contributed by atoms with Crippen molar-refractivity contribution in [3.8, 4) is 11.4 Å². The number of ether oxygens (including phenoxy) is 1. The Kier molecular flexibility index (Phi) is 6.16. The minimum absolute atomic E-state index is 0.0549. The van der Waals surface area contributed by atoms with Crippen molar-refractivity contribution in [2.24, 2.45) is 0 Å². The van der Waals surface area contributed by atoms with Crippen LogP contribution in [0.4, 0.5) is 4.39 Å². The third kappa shape index (κ3) is 4.74. The summed E-state index contributed by atoms with van der Waals surface area (Å²) in [4.78, 5) is 25.3. The number of ketones is 1. The first-order valence-electron chi connectivity index (χ1n) is 9.19. The van der Waals surface area contributed by atoms with Gasteiger partial charge in [0.05, 0.1) is 7.11 Å². The fourth-order valence-corrected chi connectivity index (χ4v) is 3.15. The molecular weight excluding hydrogens is 377 g/mol. The van der Waals surface area contributed by atoms with Crippen LogP contribution in [0, 0.1) is 19.7 Å². The van der Waals surface area contributed by atoms with Gasteiger partial charge in [0.15, 0.2) is 5.78 Å². The maximum absolute atomic E-state index is 13.0. The van der Waals surface area contributed by atoms with Crippen LogP contribution < -0.4 is 0 Å². The number of halogens is 1. The monoisotopic (exact) mass is 399 g/mol. The highest BCUT2D eigenvalue weighted by Crippen LogP contribution is 2.18. The van der Waals surface area contributed by atoms with E-state index in [0.717, 1.165) is 11.4 Å². The number of Topliss-reactive ketones (excluding diaryl/α,β-unsaturated/α-hetero) is 1. The quantitative estimate of drug-likeness (QED) is 0.427. The Morgan fingerprint density at radius 2 is 1.90 bits per heavy atom. The number of hydrogen-bond donors (Lipinski definition) is 0. The molecule has 0 N–H and O–H groups in total. The molecule has 2 heterocycles. The normalized spacial score (nSPS) is 10.9. The van der Waals surface area contributed by atoms with Gasteiger partial charge in [0.25, 0.3) is 0 Å². The van der Waals surface area contributed by atoms with Crippen LogP contribution in [0.15, 0.2) is 30.3 Å². The van der Waals surface area contributed by atoms with Crippen LogP contribution in [0.25, 0.3) is 11.4 Å². The number of carbonyl (C=O) groups is 2. The molecule has 3 aromatic rings. The van der Waals surface area contributed by atoms with Gasteiger partial charge < -0.3 is 9.30 Å². The molecule has 29 heavy (non-hydrogen) atoms. The molecule has 8 nitrogen and oxygen atoms in total. The minimum atomic E-state index is -0.349. The lowest BCUT2D eigenvalue weighted by Crippen LogP contribution is -2.14. The molecule has 0 aliphatic heterocycles. The van der Waals surface area contributed by atoms with Crippen LogP contribution in [0.5, 0.6) is 0 Å². The van der Waals surface area contributed by atoms with E-state index in [0.29, 0.717) is 36.3 Å². The largest absolute Gasteiger partial charge is 0.469 e. The second-order valence-electron chi connectivity index (χ2n) is 6.69. The van der Waals surface area contributed by atoms with Crippen LogP contribution in [-0.4, -0.2) is 43.6 Å². The van der Waals surface area contributed by atoms with Crippen molar-refractivity contribution < 1.29 is 18.7 Å². The van der Waals surface area contributed by atoms with E-state index in [1.807, 2.05) is 24.5 Å². The highest BCUT2D eigenvalue weighted by atomic mass is 19.1. The van der Waals surface area contributed by atoms with Crippen LogP contribution in [0.3, 0.4) is 0 Å². The van der Waals surface area contributed by atoms with Crippen molar-refractivity contribution in [2.75, 3.05) is 7.11 Å². The molecule has 0 bridgehead atoms. The summed E-state index contributed by atoms with van der Waals surface area (Å²) < 4.78 is 19.7. The third-order valence-corrected chi connectivity index (χ3v) is 4.70. The number of aryl methyl sites for hydroxylation is 1. The van der Waals surface area contributed by atoms with Gasteiger partial charge in [-0.1, -0.05) is 0 Å². The number of methoxy groups -OCH3 is 1. The average molecular weight is 399 g/mol. The van der Waals surface area contributed by atoms with Gasteiger partial charge in [-0.3, -0.25) is 9.59 Å². The van der Waals surface area contributed by atoms with Crippen molar-refractivity contribution in [1.29, 1.82) is 0 Å². The summed E-state index contributed by atoms with van der Waals surface area (Å²) >= 11 is 0. The van der Waals surface area contributed by atoms with Gasteiger partial charge in [-0.25, -0.2) is 4.39 Å². The van der Waals surface area contributed by atoms with E-state index in [1.54, 1.807) is 12.1 Å². The number of benzene rings is 1. The number of aromatic nitrogens is 5. The molecule has 0 atom stereocenters. The summed E-state index contributed by atoms with van der Waals surface area (Å²) in [5.41, 5.74) is 2.97. The van der Waals surface area contributed by atoms with E-state index in [4.69, 9.17) is 0 Å². The Morgan fingerprint density at radius 1 is 1.17 bits per heavy atom. The van der Waals surface area contributed by atoms with Crippen molar-refractivity contribution in [3.63, 3.8) is 0 Å². The molecule has 0 saturated carbocycles. The zero-order valence-corrected chi connectivity index (χ0v) is 16.6. The van der Waals surface area contributed by atoms with E-state index in [9.17, 15) is 14.0 Å². The van der Waals surface area contributed by atoms with Crippen LogP contribution in [-0.2, 0) is 22.6 Å². The van der Waals surface area contributed by atoms with Gasteiger partial charge in [-0.15, -0.1) is 10.2 Å². The zero-order valence-electron chi connectivity index (χ0n) is 16.6. The lowest BCUT2D eigenvalue weighted by atomic mass is 10.1. The van der Waals surface area contributed by atoms with Gasteiger partial charge in [0.1, 0.15) is 12.4 Å². The van der Waals surface area contributed by atoms with E-state index < -0.39 is 0 Å². The second kappa shape index (κ2) is 8.76. The highest BCUT2D eigenvalue weighted by Gasteiger charge is 2.18. The summed E-state index contributed by atoms with van der Waals surface area (Å²) in [6, 6.07) is 7.57. The first-order chi connectivity index (χ1) is 13.9. The molecule has 0 saturated heterocycles. The zero-order chi connectivity index (χ0) is 21.0. The number of carbonyl (C=O) groups excluding carboxylic acids is 2. The highest BCUT2D eigenvalue weighted by molar-refractivity contribution is 5.97. The van der Waals surface area contributed by atoms with Gasteiger partial charge in [0.2, 0.25) is 5.82 Å². The lowest BCUT2D eigenvalue weighted by molar-refractivity contribution is -0.140. The molecule has 3 rings (SSSR count). The second-order valence-corrected chi connectivity index (χ2v) is 6.69. The maximum atomic E-state index is 13.0. The number of esters is 1. The van der Waals surface area contributed by atoms with E-state index in [-0.39, 0.29) is 24.1 Å². The van der Waals surface area contributed by atoms with Gasteiger partial charge in [-0.2, -0.15) is 4.80 Å². The lowest BCUT2D eigenvalue weighted by Gasteiger charge is -2.09. The number of hydrogen-bond acceptors (Lipinski definition) is 6. The van der Waals surface area contributed by atoms with Gasteiger partial charge in [-0.05, 0) is 55.8 Å². The molecule has 2 aromatic heterocycles. The Labute approximate surface area is 167 Å². The first kappa shape index (κ1) is 20.4. The van der Waals surface area contributed by atoms with Crippen LogP contribution in [0.1, 0.15) is 34.6 Å². The van der Waals surface area contributed by atoms with Crippen molar-refractivity contribution in [2.45, 2.75) is 39.8 Å². The third-order valence-electron chi connectivity index (χ3n) is 4.70. The summed E-state index contributed by atoms with van der Waals surface area (Å²) in [5, 5.41) is 12.1. The molecule has 0 aliphatic carbocycles. The molecule has 0 fully saturated rings. The van der Waals surface area contributed by atoms with Gasteiger partial charge in [0, 0.05) is 35.5 Å². The summed E-state index contributed by atoms with van der Waals surface area (Å²) in [5.74, 6) is -0.414. The van der Waals surface area contributed by atoms with Crippen LogP contribution in [0.2, 0.25) is 0 Å². The molecule has 0 amide bonds. The summed E-state index contributed by atoms with van der Waals surface area (Å²) in [7, 11) is 1.37. The van der Waals surface area contributed by atoms with E-state index in [2.05, 4.69) is 20.1 Å². The summed E-state index contributed by atoms with van der Waals surface area (Å²) in [6.45, 7) is 4.36. The topological polar surface area (TPSA) is 91.9 Å². The van der Waals surface area contributed by atoms with E-state index >= 15 is 0 Å². The van der Waals surface area contributed by atoms with Crippen molar-refractivity contribution in [1.82, 2.24) is 24.8 Å². The Hall–Kier alpha value is -3.36. The van der Waals surface area contributed by atoms with E-state index in [1.165, 1.54) is 24.0 Å². The van der Waals surface area contributed by atoms with Crippen LogP contribution >= 0.6 is 0 Å². The van der Waals surface area contributed by atoms with Crippen molar-refractivity contribution in [3.05, 3.63) is 53.1 Å². The summed E-state index contributed by atoms with van der Waals surface area (Å²) in [6.07, 6.45) is 0.953. The fourth-order valence-electron chi connectivity index (χ4n) is 3.15. The Bertz CT molecular complexity index is 1020. The SMILES string of the molecule is COC(=O)CCCn1c(C)cc(C(=O)Cn2nnc(-c3ccc(F)cc3)n2)c1C. The molecule has 1 aromatic carbocycles. The number of tetrazole rings is 1. The number of rotatable bonds is 8. The van der Waals surface area contributed by atoms with Crippen molar-refractivity contribution >= 4 is 11.8 Å².